The number of nitrogens with zero attached hydrogens (tertiary/aromatic N) is 4. The van der Waals surface area contributed by atoms with Gasteiger partial charge in [0.15, 0.2) is 5.82 Å². The van der Waals surface area contributed by atoms with E-state index in [-0.39, 0.29) is 16.5 Å². The van der Waals surface area contributed by atoms with Gasteiger partial charge in [-0.25, -0.2) is 12.8 Å². The average Bonchev–Trinajstić information content (AvgIpc) is 3.07. The van der Waals surface area contributed by atoms with Gasteiger partial charge in [0.1, 0.15) is 10.7 Å². The van der Waals surface area contributed by atoms with E-state index in [2.05, 4.69) is 14.9 Å². The summed E-state index contributed by atoms with van der Waals surface area (Å²) in [5.41, 5.74) is 1.27. The van der Waals surface area contributed by atoms with E-state index in [1.807, 2.05) is 0 Å². The van der Waals surface area contributed by atoms with E-state index in [4.69, 9.17) is 0 Å². The van der Waals surface area contributed by atoms with Crippen LogP contribution in [0.1, 0.15) is 11.3 Å². The largest absolute Gasteiger partial charge is 0.274 e. The molecule has 24 heavy (non-hydrogen) atoms. The number of hydrogen-bond donors (Lipinski definition) is 1. The van der Waals surface area contributed by atoms with Gasteiger partial charge < -0.3 is 0 Å². The van der Waals surface area contributed by atoms with E-state index >= 15 is 0 Å². The third-order valence-electron chi connectivity index (χ3n) is 3.40. The molecule has 2 heterocycles. The minimum absolute atomic E-state index is 0.109. The van der Waals surface area contributed by atoms with Crippen LogP contribution >= 0.6 is 0 Å². The number of aromatic nitrogens is 4. The number of benzene rings is 1. The first-order chi connectivity index (χ1) is 11.3. The van der Waals surface area contributed by atoms with Crippen LogP contribution in [-0.4, -0.2) is 28.0 Å². The lowest BCUT2D eigenvalue weighted by Crippen LogP contribution is -2.14. The molecule has 7 nitrogen and oxygen atoms in total. The van der Waals surface area contributed by atoms with Gasteiger partial charge in [-0.2, -0.15) is 10.2 Å². The smallest absolute Gasteiger partial charge is 0.266 e. The van der Waals surface area contributed by atoms with Crippen molar-refractivity contribution in [3.63, 3.8) is 0 Å². The zero-order valence-electron chi connectivity index (χ0n) is 13.1. The van der Waals surface area contributed by atoms with Crippen molar-refractivity contribution in [1.82, 2.24) is 19.6 Å². The second-order valence-electron chi connectivity index (χ2n) is 5.38. The molecule has 0 aliphatic carbocycles. The average molecular weight is 349 g/mol. The first-order valence-electron chi connectivity index (χ1n) is 7.14. The zero-order chi connectivity index (χ0) is 17.3. The van der Waals surface area contributed by atoms with Crippen molar-refractivity contribution in [2.24, 2.45) is 7.05 Å². The number of anilines is 1. The Balaban J connectivity index is 1.76. The maximum Gasteiger partial charge on any atom is 0.266 e. The van der Waals surface area contributed by atoms with Crippen molar-refractivity contribution in [2.75, 3.05) is 4.72 Å². The second-order valence-corrected chi connectivity index (χ2v) is 7.03. The Bertz CT molecular complexity index is 960. The van der Waals surface area contributed by atoms with Crippen LogP contribution < -0.4 is 4.72 Å². The van der Waals surface area contributed by atoms with Gasteiger partial charge in [-0.1, -0.05) is 12.1 Å². The number of nitrogens with one attached hydrogen (secondary N) is 1. The second kappa shape index (κ2) is 6.08. The maximum absolute atomic E-state index is 12.9. The van der Waals surface area contributed by atoms with Crippen LogP contribution in [-0.2, 0) is 23.6 Å². The molecule has 0 aliphatic heterocycles. The predicted octanol–water partition coefficient (Wildman–Crippen LogP) is 1.91. The summed E-state index contributed by atoms with van der Waals surface area (Å²) in [6, 6.07) is 7.60. The van der Waals surface area contributed by atoms with E-state index in [9.17, 15) is 12.8 Å². The summed E-state index contributed by atoms with van der Waals surface area (Å²) >= 11 is 0. The summed E-state index contributed by atoms with van der Waals surface area (Å²) in [4.78, 5) is 0.109. The molecule has 3 aromatic rings. The Morgan fingerprint density at radius 2 is 1.88 bits per heavy atom. The van der Waals surface area contributed by atoms with E-state index < -0.39 is 10.0 Å². The number of sulfonamides is 1. The van der Waals surface area contributed by atoms with Crippen LogP contribution in [0.5, 0.6) is 0 Å². The molecule has 0 aliphatic rings. The van der Waals surface area contributed by atoms with Gasteiger partial charge in [-0.15, -0.1) is 0 Å². The highest BCUT2D eigenvalue weighted by Gasteiger charge is 2.20. The lowest BCUT2D eigenvalue weighted by molar-refractivity contribution is 0.600. The molecule has 126 valence electrons. The molecule has 0 saturated heterocycles. The van der Waals surface area contributed by atoms with Crippen LogP contribution in [0.15, 0.2) is 47.6 Å². The molecule has 0 saturated carbocycles. The normalized spacial score (nSPS) is 11.6. The fourth-order valence-corrected chi connectivity index (χ4v) is 3.53. The maximum atomic E-state index is 12.9. The van der Waals surface area contributed by atoms with Crippen LogP contribution in [0.25, 0.3) is 0 Å². The Labute approximate surface area is 138 Å². The van der Waals surface area contributed by atoms with Crippen LogP contribution in [0, 0.1) is 12.7 Å². The van der Waals surface area contributed by atoms with E-state index in [1.165, 1.54) is 23.0 Å². The highest BCUT2D eigenvalue weighted by Crippen LogP contribution is 2.17. The quantitative estimate of drug-likeness (QED) is 0.763. The third kappa shape index (κ3) is 3.46. The molecule has 1 N–H and O–H groups in total. The number of aryl methyl sites for hydroxylation is 2. The van der Waals surface area contributed by atoms with Gasteiger partial charge in [0.05, 0.1) is 12.2 Å². The van der Waals surface area contributed by atoms with Crippen molar-refractivity contribution >= 4 is 15.8 Å². The van der Waals surface area contributed by atoms with Gasteiger partial charge in [0.2, 0.25) is 0 Å². The van der Waals surface area contributed by atoms with Crippen molar-refractivity contribution in [1.29, 1.82) is 0 Å². The fourth-order valence-electron chi connectivity index (χ4n) is 2.32. The molecule has 3 rings (SSSR count). The lowest BCUT2D eigenvalue weighted by Gasteiger charge is -2.04. The summed E-state index contributed by atoms with van der Waals surface area (Å²) in [7, 11) is -2.09. The third-order valence-corrected chi connectivity index (χ3v) is 4.85. The Morgan fingerprint density at radius 3 is 2.50 bits per heavy atom. The zero-order valence-corrected chi connectivity index (χ0v) is 14.0. The highest BCUT2D eigenvalue weighted by molar-refractivity contribution is 7.92. The minimum atomic E-state index is -3.75. The molecule has 1 aromatic carbocycles. The molecule has 0 bridgehead atoms. The summed E-state index contributed by atoms with van der Waals surface area (Å²) in [5, 5.41) is 8.21. The molecule has 2 aromatic heterocycles. The van der Waals surface area contributed by atoms with Crippen LogP contribution in [0.3, 0.4) is 0 Å². The standard InChI is InChI=1S/C15H16FN5O2S/c1-11-14(10-20(2)17-11)24(22,23)19-15-7-8-21(18-15)9-12-3-5-13(16)6-4-12/h3-8,10H,9H2,1-2H3,(H,18,19). The molecular formula is C15H16FN5O2S. The van der Waals surface area contributed by atoms with Crippen LogP contribution in [0.2, 0.25) is 0 Å². The molecule has 0 spiro atoms. The van der Waals surface area contributed by atoms with Gasteiger partial charge in [-0.05, 0) is 24.6 Å². The van der Waals surface area contributed by atoms with Gasteiger partial charge >= 0.3 is 0 Å². The van der Waals surface area contributed by atoms with E-state index in [0.717, 1.165) is 5.56 Å². The van der Waals surface area contributed by atoms with Gasteiger partial charge in [0, 0.05) is 25.5 Å². The Hall–Kier alpha value is -2.68. The monoisotopic (exact) mass is 349 g/mol. The predicted molar refractivity (Wildman–Crippen MR) is 86.5 cm³/mol. The lowest BCUT2D eigenvalue weighted by atomic mass is 10.2. The molecule has 0 atom stereocenters. The summed E-state index contributed by atoms with van der Waals surface area (Å²) < 4.78 is 43.1. The topological polar surface area (TPSA) is 81.8 Å². The van der Waals surface area contributed by atoms with E-state index in [0.29, 0.717) is 12.2 Å². The molecular weight excluding hydrogens is 333 g/mol. The van der Waals surface area contributed by atoms with Crippen LogP contribution in [0.4, 0.5) is 10.2 Å². The SMILES string of the molecule is Cc1nn(C)cc1S(=O)(=O)Nc1ccn(Cc2ccc(F)cc2)n1. The van der Waals surface area contributed by atoms with Crippen molar-refractivity contribution in [3.8, 4) is 0 Å². The Morgan fingerprint density at radius 1 is 1.17 bits per heavy atom. The molecule has 9 heteroatoms. The highest BCUT2D eigenvalue weighted by atomic mass is 32.2. The molecule has 0 fully saturated rings. The number of halogens is 1. The number of hydrogen-bond acceptors (Lipinski definition) is 4. The number of rotatable bonds is 5. The Kier molecular flexibility index (Phi) is 4.10. The molecule has 0 unspecified atom stereocenters. The fraction of sp³-hybridized carbons (Fsp3) is 0.200. The summed E-state index contributed by atoms with van der Waals surface area (Å²) in [5.74, 6) is -0.0973. The van der Waals surface area contributed by atoms with Gasteiger partial charge in [0.25, 0.3) is 10.0 Å². The minimum Gasteiger partial charge on any atom is -0.274 e. The van der Waals surface area contributed by atoms with E-state index in [1.54, 1.807) is 43.0 Å². The first-order valence-corrected chi connectivity index (χ1v) is 8.63. The van der Waals surface area contributed by atoms with Crippen molar-refractivity contribution < 1.29 is 12.8 Å². The molecule has 0 radical (unpaired) electrons. The van der Waals surface area contributed by atoms with Crippen molar-refractivity contribution in [3.05, 3.63) is 59.8 Å². The van der Waals surface area contributed by atoms with Crippen molar-refractivity contribution in [2.45, 2.75) is 18.4 Å². The first kappa shape index (κ1) is 16.2. The molecule has 0 amide bonds. The summed E-state index contributed by atoms with van der Waals surface area (Å²) in [6.07, 6.45) is 3.09. The van der Waals surface area contributed by atoms with Gasteiger partial charge in [-0.3, -0.25) is 14.1 Å². The summed E-state index contributed by atoms with van der Waals surface area (Å²) in [6.45, 7) is 2.04.